The number of rotatable bonds is 1. The third-order valence-corrected chi connectivity index (χ3v) is 4.16. The van der Waals surface area contributed by atoms with E-state index in [1.165, 1.54) is 5.57 Å². The van der Waals surface area contributed by atoms with E-state index in [2.05, 4.69) is 25.7 Å². The Bertz CT molecular complexity index is 667. The number of halogens is 1. The third-order valence-electron chi connectivity index (χ3n) is 3.92. The van der Waals surface area contributed by atoms with Gasteiger partial charge in [-0.15, -0.1) is 0 Å². The molecule has 0 bridgehead atoms. The number of hydrogen-bond donors (Lipinski definition) is 0. The fraction of sp³-hybridized carbons (Fsp3) is 0.421. The molecule has 1 aromatic rings. The van der Waals surface area contributed by atoms with Gasteiger partial charge in [0.1, 0.15) is 0 Å². The van der Waals surface area contributed by atoms with Gasteiger partial charge in [-0.25, -0.2) is 4.79 Å². The van der Waals surface area contributed by atoms with E-state index in [0.717, 1.165) is 12.0 Å². The van der Waals surface area contributed by atoms with Crippen LogP contribution in [0.3, 0.4) is 0 Å². The van der Waals surface area contributed by atoms with Crippen molar-refractivity contribution >= 4 is 17.7 Å². The Morgan fingerprint density at radius 3 is 2.91 bits per heavy atom. The van der Waals surface area contributed by atoms with Crippen LogP contribution < -0.4 is 0 Å². The fourth-order valence-corrected chi connectivity index (χ4v) is 2.85. The first-order valence-corrected chi connectivity index (χ1v) is 8.18. The number of amides is 1. The monoisotopic (exact) mass is 331 g/mol. The number of hydrogen-bond acceptors (Lipinski definition) is 2. The van der Waals surface area contributed by atoms with Gasteiger partial charge in [0.15, 0.2) is 0 Å². The molecular formula is C19H22ClNO2. The van der Waals surface area contributed by atoms with Crippen LogP contribution in [0.2, 0.25) is 5.02 Å². The number of benzene rings is 1. The zero-order valence-corrected chi connectivity index (χ0v) is 14.6. The van der Waals surface area contributed by atoms with Gasteiger partial charge in [-0.1, -0.05) is 48.9 Å². The predicted molar refractivity (Wildman–Crippen MR) is 93.4 cm³/mol. The lowest BCUT2D eigenvalue weighted by Crippen LogP contribution is -2.45. The van der Waals surface area contributed by atoms with E-state index in [9.17, 15) is 4.79 Å². The van der Waals surface area contributed by atoms with Crippen molar-refractivity contribution in [3.63, 3.8) is 0 Å². The lowest BCUT2D eigenvalue weighted by molar-refractivity contribution is 0.0862. The van der Waals surface area contributed by atoms with Crippen molar-refractivity contribution in [2.75, 3.05) is 19.7 Å². The maximum atomic E-state index is 11.9. The molecule has 2 rings (SSSR count). The number of likely N-dealkylation sites (tertiary alicyclic amines) is 1. The van der Waals surface area contributed by atoms with Gasteiger partial charge < -0.3 is 9.64 Å². The van der Waals surface area contributed by atoms with Crippen LogP contribution in [0.1, 0.15) is 32.8 Å². The van der Waals surface area contributed by atoms with Crippen molar-refractivity contribution in [3.8, 4) is 11.8 Å². The van der Waals surface area contributed by atoms with Crippen LogP contribution in [0.5, 0.6) is 0 Å². The van der Waals surface area contributed by atoms with Gasteiger partial charge in [0.2, 0.25) is 0 Å². The molecule has 1 amide bonds. The van der Waals surface area contributed by atoms with Crippen molar-refractivity contribution in [1.29, 1.82) is 0 Å². The molecule has 1 heterocycles. The molecule has 1 aliphatic rings. The lowest BCUT2D eigenvalue weighted by Gasteiger charge is -2.39. The van der Waals surface area contributed by atoms with Crippen LogP contribution in [0.4, 0.5) is 4.79 Å². The highest BCUT2D eigenvalue weighted by molar-refractivity contribution is 6.30. The number of allylic oxidation sites excluding steroid dienone is 1. The molecule has 1 saturated heterocycles. The standard InChI is InChI=1S/C19H22ClNO2/c1-4-23-18(22)21-12-11-16(19(2,3)14-21)9-5-7-15-8-6-10-17(20)13-15/h6,8-10,13H,4,11-12,14H2,1-3H3/b16-9+. The molecule has 23 heavy (non-hydrogen) atoms. The normalized spacial score (nSPS) is 18.3. The second-order valence-corrected chi connectivity index (χ2v) is 6.64. The molecule has 0 saturated carbocycles. The summed E-state index contributed by atoms with van der Waals surface area (Å²) in [6.45, 7) is 7.81. The van der Waals surface area contributed by atoms with Crippen LogP contribution >= 0.6 is 11.6 Å². The summed E-state index contributed by atoms with van der Waals surface area (Å²) in [4.78, 5) is 13.6. The first-order chi connectivity index (χ1) is 10.9. The van der Waals surface area contributed by atoms with Gasteiger partial charge >= 0.3 is 6.09 Å². The number of carbonyl (C=O) groups excluding carboxylic acids is 1. The summed E-state index contributed by atoms with van der Waals surface area (Å²) in [7, 11) is 0. The highest BCUT2D eigenvalue weighted by atomic mass is 35.5. The molecule has 0 aromatic heterocycles. The van der Waals surface area contributed by atoms with Gasteiger partial charge in [0, 0.05) is 29.1 Å². The smallest absolute Gasteiger partial charge is 0.409 e. The Hall–Kier alpha value is -1.92. The number of carbonyl (C=O) groups is 1. The van der Waals surface area contributed by atoms with E-state index in [1.807, 2.05) is 37.3 Å². The molecule has 0 spiro atoms. The van der Waals surface area contributed by atoms with Crippen molar-refractivity contribution < 1.29 is 9.53 Å². The molecule has 0 N–H and O–H groups in total. The van der Waals surface area contributed by atoms with Gasteiger partial charge in [0.05, 0.1) is 6.61 Å². The van der Waals surface area contributed by atoms with Crippen LogP contribution in [-0.2, 0) is 4.74 Å². The summed E-state index contributed by atoms with van der Waals surface area (Å²) in [5.41, 5.74) is 2.05. The maximum absolute atomic E-state index is 11.9. The largest absolute Gasteiger partial charge is 0.450 e. The van der Waals surface area contributed by atoms with E-state index in [0.29, 0.717) is 24.7 Å². The van der Waals surface area contributed by atoms with Crippen molar-refractivity contribution in [2.24, 2.45) is 5.41 Å². The van der Waals surface area contributed by atoms with E-state index in [4.69, 9.17) is 16.3 Å². The first kappa shape index (κ1) is 17.4. The molecule has 1 aliphatic heterocycles. The third kappa shape index (κ3) is 4.77. The minimum atomic E-state index is -0.232. The average molecular weight is 332 g/mol. The second-order valence-electron chi connectivity index (χ2n) is 6.20. The van der Waals surface area contributed by atoms with Gasteiger partial charge in [-0.2, -0.15) is 0 Å². The summed E-state index contributed by atoms with van der Waals surface area (Å²) in [6.07, 6.45) is 2.56. The minimum Gasteiger partial charge on any atom is -0.450 e. The summed E-state index contributed by atoms with van der Waals surface area (Å²) >= 11 is 5.96. The summed E-state index contributed by atoms with van der Waals surface area (Å²) < 4.78 is 5.09. The van der Waals surface area contributed by atoms with Crippen molar-refractivity contribution in [1.82, 2.24) is 4.90 Å². The van der Waals surface area contributed by atoms with Gasteiger partial charge in [-0.05, 0) is 37.6 Å². The number of piperidine rings is 1. The Morgan fingerprint density at radius 2 is 2.26 bits per heavy atom. The molecule has 4 heteroatoms. The maximum Gasteiger partial charge on any atom is 0.409 e. The zero-order valence-electron chi connectivity index (χ0n) is 13.9. The van der Waals surface area contributed by atoms with Crippen LogP contribution in [0, 0.1) is 17.3 Å². The summed E-state index contributed by atoms with van der Waals surface area (Å²) in [5.74, 6) is 6.23. The van der Waals surface area contributed by atoms with Gasteiger partial charge in [0.25, 0.3) is 0 Å². The zero-order chi connectivity index (χ0) is 16.9. The van der Waals surface area contributed by atoms with E-state index in [-0.39, 0.29) is 11.5 Å². The lowest BCUT2D eigenvalue weighted by atomic mass is 9.79. The Morgan fingerprint density at radius 1 is 1.48 bits per heavy atom. The molecule has 3 nitrogen and oxygen atoms in total. The minimum absolute atomic E-state index is 0.103. The summed E-state index contributed by atoms with van der Waals surface area (Å²) in [6, 6.07) is 7.51. The van der Waals surface area contributed by atoms with Crippen molar-refractivity contribution in [3.05, 3.63) is 46.5 Å². The molecule has 0 radical (unpaired) electrons. The molecule has 0 unspecified atom stereocenters. The molecule has 122 valence electrons. The predicted octanol–water partition coefficient (Wildman–Crippen LogP) is 4.51. The molecular weight excluding hydrogens is 310 g/mol. The average Bonchev–Trinajstić information content (AvgIpc) is 2.48. The van der Waals surface area contributed by atoms with Crippen LogP contribution in [-0.4, -0.2) is 30.7 Å². The Balaban J connectivity index is 2.08. The molecule has 0 aliphatic carbocycles. The Labute approximate surface area is 143 Å². The number of nitrogens with zero attached hydrogens (tertiary/aromatic N) is 1. The fourth-order valence-electron chi connectivity index (χ4n) is 2.66. The number of ether oxygens (including phenoxy) is 1. The molecule has 0 atom stereocenters. The van der Waals surface area contributed by atoms with Gasteiger partial charge in [-0.3, -0.25) is 0 Å². The van der Waals surface area contributed by atoms with Crippen LogP contribution in [0.25, 0.3) is 0 Å². The second kappa shape index (κ2) is 7.57. The first-order valence-electron chi connectivity index (χ1n) is 7.80. The van der Waals surface area contributed by atoms with E-state index in [1.54, 1.807) is 4.90 Å². The molecule has 1 aromatic carbocycles. The van der Waals surface area contributed by atoms with Crippen LogP contribution in [0.15, 0.2) is 35.9 Å². The quantitative estimate of drug-likeness (QED) is 0.709. The van der Waals surface area contributed by atoms with E-state index < -0.39 is 0 Å². The van der Waals surface area contributed by atoms with Crippen molar-refractivity contribution in [2.45, 2.75) is 27.2 Å². The SMILES string of the molecule is CCOC(=O)N1CC/C(=C\C#Cc2cccc(Cl)c2)C(C)(C)C1. The molecule has 1 fully saturated rings. The highest BCUT2D eigenvalue weighted by Crippen LogP contribution is 2.34. The van der Waals surface area contributed by atoms with E-state index >= 15 is 0 Å². The summed E-state index contributed by atoms with van der Waals surface area (Å²) in [5, 5.41) is 0.688. The Kier molecular flexibility index (Phi) is 5.74. The topological polar surface area (TPSA) is 29.5 Å². The highest BCUT2D eigenvalue weighted by Gasteiger charge is 2.33.